The lowest BCUT2D eigenvalue weighted by molar-refractivity contribution is 0.332. The van der Waals surface area contributed by atoms with Crippen molar-refractivity contribution < 1.29 is 4.42 Å². The Bertz CT molecular complexity index is 3540. The second kappa shape index (κ2) is 13.8. The molecule has 2 aliphatic heterocycles. The summed E-state index contributed by atoms with van der Waals surface area (Å²) in [5.74, 6) is 0. The van der Waals surface area contributed by atoms with E-state index in [1.807, 2.05) is 11.3 Å². The molecular weight excluding hydrogens is 808 g/mol. The molecule has 0 bridgehead atoms. The molecule has 0 atom stereocenters. The van der Waals surface area contributed by atoms with Crippen molar-refractivity contribution in [2.45, 2.75) is 63.7 Å². The molecule has 1 radical (unpaired) electrons. The lowest BCUT2D eigenvalue weighted by Gasteiger charge is -2.44. The summed E-state index contributed by atoms with van der Waals surface area (Å²) in [4.78, 5) is 2.63. The molecule has 1 N–H and O–H groups in total. The Balaban J connectivity index is 1.16. The van der Waals surface area contributed by atoms with Crippen LogP contribution in [0.5, 0.6) is 0 Å². The molecule has 0 saturated carbocycles. The summed E-state index contributed by atoms with van der Waals surface area (Å²) in [7, 11) is 2.50. The van der Waals surface area contributed by atoms with Crippen LogP contribution in [0.25, 0.3) is 43.2 Å². The van der Waals surface area contributed by atoms with Crippen molar-refractivity contribution in [2.24, 2.45) is 0 Å². The van der Waals surface area contributed by atoms with Gasteiger partial charge in [0.25, 0.3) is 0 Å². The number of anilines is 5. The van der Waals surface area contributed by atoms with Crippen LogP contribution in [0.15, 0.2) is 174 Å². The van der Waals surface area contributed by atoms with Crippen LogP contribution in [-0.2, 0) is 16.2 Å². The van der Waals surface area contributed by atoms with Crippen LogP contribution in [-0.4, -0.2) is 7.28 Å². The molecule has 4 heterocycles. The molecule has 3 nitrogen and oxygen atoms in total. The summed E-state index contributed by atoms with van der Waals surface area (Å²) < 4.78 is 8.30. The van der Waals surface area contributed by atoms with E-state index < -0.39 is 5.41 Å². The molecule has 2 aromatic heterocycles. The molecule has 313 valence electrons. The van der Waals surface area contributed by atoms with E-state index in [0.717, 1.165) is 50.9 Å². The normalized spacial score (nSPS) is 16.2. The molecule has 0 unspecified atom stereocenters. The van der Waals surface area contributed by atoms with Crippen LogP contribution < -0.4 is 21.1 Å². The van der Waals surface area contributed by atoms with Crippen molar-refractivity contribution in [1.82, 2.24) is 0 Å². The maximum absolute atomic E-state index is 7.02. The summed E-state index contributed by atoms with van der Waals surface area (Å²) in [6.45, 7) is 12.1. The van der Waals surface area contributed by atoms with Crippen molar-refractivity contribution in [3.8, 4) is 11.1 Å². The van der Waals surface area contributed by atoms with Gasteiger partial charge in [-0.2, -0.15) is 0 Å². The van der Waals surface area contributed by atoms with Crippen LogP contribution in [0.4, 0.5) is 27.8 Å². The number of furan rings is 1. The molecule has 5 heteroatoms. The molecule has 10 aromatic rings. The van der Waals surface area contributed by atoms with Crippen LogP contribution in [0, 0.1) is 6.92 Å². The summed E-state index contributed by atoms with van der Waals surface area (Å²) in [5.41, 5.74) is 19.8. The zero-order valence-corrected chi connectivity index (χ0v) is 38.2. The van der Waals surface area contributed by atoms with Gasteiger partial charge in [-0.25, -0.2) is 0 Å². The quantitative estimate of drug-likeness (QED) is 0.179. The van der Waals surface area contributed by atoms with E-state index in [2.05, 4.69) is 222 Å². The predicted molar refractivity (Wildman–Crippen MR) is 276 cm³/mol. The molecule has 13 rings (SSSR count). The second-order valence-electron chi connectivity index (χ2n) is 19.8. The Hall–Kier alpha value is -6.82. The average Bonchev–Trinajstić information content (AvgIpc) is 3.90. The highest BCUT2D eigenvalue weighted by Crippen LogP contribution is 2.57. The van der Waals surface area contributed by atoms with Crippen molar-refractivity contribution >= 4 is 89.3 Å². The van der Waals surface area contributed by atoms with Gasteiger partial charge in [-0.1, -0.05) is 167 Å². The minimum Gasteiger partial charge on any atom is -0.456 e. The molecular formula is C60H48BN2OS. The molecule has 0 spiro atoms. The maximum atomic E-state index is 7.02. The number of hydrogen-bond acceptors (Lipinski definition) is 4. The smallest absolute Gasteiger partial charge is 0.199 e. The molecule has 0 fully saturated rings. The fourth-order valence-corrected chi connectivity index (χ4v) is 13.1. The van der Waals surface area contributed by atoms with E-state index in [9.17, 15) is 0 Å². The summed E-state index contributed by atoms with van der Waals surface area (Å²) in [6, 6.07) is 62.9. The Labute approximate surface area is 385 Å². The number of benzene rings is 8. The Morgan fingerprint density at radius 2 is 1.20 bits per heavy atom. The van der Waals surface area contributed by atoms with Gasteiger partial charge in [0.05, 0.1) is 32.9 Å². The molecule has 1 aliphatic carbocycles. The maximum Gasteiger partial charge on any atom is 0.199 e. The Kier molecular flexibility index (Phi) is 8.23. The minimum absolute atomic E-state index is 0.0373. The summed E-state index contributed by atoms with van der Waals surface area (Å²) >= 11 is 1.89. The highest BCUT2D eigenvalue weighted by atomic mass is 32.1. The van der Waals surface area contributed by atoms with Crippen molar-refractivity contribution in [2.75, 3.05) is 10.2 Å². The zero-order valence-electron chi connectivity index (χ0n) is 37.4. The van der Waals surface area contributed by atoms with Crippen LogP contribution >= 0.6 is 11.3 Å². The largest absolute Gasteiger partial charge is 0.456 e. The number of nitrogens with one attached hydrogen (secondary N) is 1. The van der Waals surface area contributed by atoms with Gasteiger partial charge in [0.2, 0.25) is 0 Å². The summed E-state index contributed by atoms with van der Waals surface area (Å²) in [5, 5.41) is 8.86. The number of fused-ring (bicyclic) bond motifs is 11. The fraction of sp³-hybridized carbons (Fsp3) is 0.167. The first-order valence-corrected chi connectivity index (χ1v) is 23.9. The molecule has 0 amide bonds. The number of rotatable bonds is 4. The van der Waals surface area contributed by atoms with Crippen LogP contribution in [0.3, 0.4) is 0 Å². The van der Waals surface area contributed by atoms with E-state index >= 15 is 0 Å². The fourth-order valence-electron chi connectivity index (χ4n) is 11.9. The van der Waals surface area contributed by atoms with E-state index in [-0.39, 0.29) is 10.8 Å². The highest BCUT2D eigenvalue weighted by Gasteiger charge is 2.46. The number of hydrogen-bond donors (Lipinski definition) is 1. The molecule has 8 aromatic carbocycles. The lowest BCUT2D eigenvalue weighted by Crippen LogP contribution is -2.41. The lowest BCUT2D eigenvalue weighted by atomic mass is 9.57. The SMILES string of the molecule is Cc1cc2c(cc1N1c3sc4ccccc4c3[B]c3c(-c4cccc5c4Nc4ccccc4C5(c4ccccc4)c4ccccc4)cc4oc5ccccc5c4c31)C(C)(C)CCC2(C)C. The monoisotopic (exact) mass is 855 g/mol. The minimum atomic E-state index is -0.591. The van der Waals surface area contributed by atoms with Gasteiger partial charge in [-0.3, -0.25) is 0 Å². The second-order valence-corrected chi connectivity index (χ2v) is 20.8. The average molecular weight is 856 g/mol. The van der Waals surface area contributed by atoms with E-state index in [4.69, 9.17) is 4.42 Å². The van der Waals surface area contributed by atoms with E-state index in [1.54, 1.807) is 0 Å². The number of thiophene rings is 1. The van der Waals surface area contributed by atoms with Gasteiger partial charge in [-0.15, -0.1) is 11.3 Å². The van der Waals surface area contributed by atoms with Gasteiger partial charge in [-0.05, 0) is 122 Å². The number of nitrogens with zero attached hydrogens (tertiary/aromatic N) is 1. The van der Waals surface area contributed by atoms with Crippen LogP contribution in [0.2, 0.25) is 0 Å². The van der Waals surface area contributed by atoms with Crippen LogP contribution in [0.1, 0.15) is 79.5 Å². The van der Waals surface area contributed by atoms with Crippen molar-refractivity contribution in [1.29, 1.82) is 0 Å². The molecule has 65 heavy (non-hydrogen) atoms. The number of aryl methyl sites for hydroxylation is 1. The first kappa shape index (κ1) is 38.6. The third-order valence-electron chi connectivity index (χ3n) is 15.2. The van der Waals surface area contributed by atoms with Gasteiger partial charge in [0, 0.05) is 21.3 Å². The van der Waals surface area contributed by atoms with Crippen molar-refractivity contribution in [3.63, 3.8) is 0 Å². The van der Waals surface area contributed by atoms with E-state index in [0.29, 0.717) is 0 Å². The Morgan fingerprint density at radius 3 is 1.95 bits per heavy atom. The topological polar surface area (TPSA) is 28.4 Å². The third kappa shape index (κ3) is 5.42. The highest BCUT2D eigenvalue weighted by molar-refractivity contribution is 7.25. The molecule has 0 saturated heterocycles. The predicted octanol–water partition coefficient (Wildman–Crippen LogP) is 15.0. The van der Waals surface area contributed by atoms with Gasteiger partial charge in [0.1, 0.15) is 11.2 Å². The summed E-state index contributed by atoms with van der Waals surface area (Å²) in [6.07, 6.45) is 2.33. The Morgan fingerprint density at radius 1 is 0.569 bits per heavy atom. The van der Waals surface area contributed by atoms with E-state index in [1.165, 1.54) is 82.8 Å². The van der Waals surface area contributed by atoms with Gasteiger partial charge in [0.15, 0.2) is 7.28 Å². The third-order valence-corrected chi connectivity index (χ3v) is 16.4. The van der Waals surface area contributed by atoms with Gasteiger partial charge >= 0.3 is 0 Å². The van der Waals surface area contributed by atoms with Crippen molar-refractivity contribution in [3.05, 3.63) is 209 Å². The number of para-hydroxylation sites is 3. The molecule has 3 aliphatic rings. The first-order valence-electron chi connectivity index (χ1n) is 23.1. The van der Waals surface area contributed by atoms with Gasteiger partial charge < -0.3 is 14.6 Å². The standard InChI is InChI=1S/C60H48BN2OS/c1-36-33-45-46(59(4,5)32-31-58(45,2)3)35-48(36)63-56-52-40-23-12-16-29-49(40)64-50(52)34-42(53(56)61-54-41-24-13-17-30-51(41)65-57(54)63)39-25-18-27-44-55(39)62-47-28-15-14-26-43(47)60(44,37-19-8-6-9-20-37)38-21-10-7-11-22-38/h6-30,33-35,62H,31-32H2,1-5H3. The first-order chi connectivity index (χ1) is 31.6. The zero-order chi connectivity index (χ0) is 43.8.